The second-order valence-corrected chi connectivity index (χ2v) is 10.5. The third kappa shape index (κ3) is 4.88. The molecule has 1 amide bonds. The van der Waals surface area contributed by atoms with Gasteiger partial charge in [0.2, 0.25) is 15.9 Å². The van der Waals surface area contributed by atoms with E-state index in [1.807, 2.05) is 51.1 Å². The van der Waals surface area contributed by atoms with Crippen LogP contribution in [0.3, 0.4) is 0 Å². The average Bonchev–Trinajstić information content (AvgIpc) is 2.66. The van der Waals surface area contributed by atoms with E-state index in [1.165, 1.54) is 4.31 Å². The van der Waals surface area contributed by atoms with Crippen molar-refractivity contribution in [3.05, 3.63) is 63.7 Å². The van der Waals surface area contributed by atoms with Gasteiger partial charge in [-0.15, -0.1) is 0 Å². The summed E-state index contributed by atoms with van der Waals surface area (Å²) in [6.45, 7) is 6.85. The zero-order valence-corrected chi connectivity index (χ0v) is 19.6. The smallest absolute Gasteiger partial charge is 0.243 e. The molecule has 3 rings (SSSR count). The first-order valence-corrected chi connectivity index (χ1v) is 12.0. The van der Waals surface area contributed by atoms with Crippen LogP contribution in [0.25, 0.3) is 0 Å². The van der Waals surface area contributed by atoms with E-state index in [0.717, 1.165) is 22.3 Å². The summed E-state index contributed by atoms with van der Waals surface area (Å²) in [5.74, 6) is -0.115. The molecule has 5 nitrogen and oxygen atoms in total. The zero-order chi connectivity index (χ0) is 22.1. The van der Waals surface area contributed by atoms with Crippen molar-refractivity contribution >= 4 is 27.5 Å². The fraction of sp³-hybridized carbons (Fsp3) is 0.435. The maximum absolute atomic E-state index is 13.2. The van der Waals surface area contributed by atoms with Crippen molar-refractivity contribution in [2.24, 2.45) is 5.92 Å². The van der Waals surface area contributed by atoms with E-state index in [2.05, 4.69) is 0 Å². The number of nitrogens with zero attached hydrogens (tertiary/aromatic N) is 2. The highest BCUT2D eigenvalue weighted by Crippen LogP contribution is 2.29. The Kier molecular flexibility index (Phi) is 6.90. The van der Waals surface area contributed by atoms with Crippen molar-refractivity contribution in [3.8, 4) is 0 Å². The van der Waals surface area contributed by atoms with Crippen LogP contribution in [0, 0.1) is 26.7 Å². The molecule has 0 unspecified atom stereocenters. The van der Waals surface area contributed by atoms with Gasteiger partial charge in [0.05, 0.1) is 4.90 Å². The number of carbonyl (C=O) groups excluding carboxylic acids is 1. The molecule has 0 saturated carbocycles. The Balaban J connectivity index is 1.66. The van der Waals surface area contributed by atoms with Crippen LogP contribution in [-0.2, 0) is 21.4 Å². The van der Waals surface area contributed by atoms with Crippen molar-refractivity contribution in [1.82, 2.24) is 9.21 Å². The highest BCUT2D eigenvalue weighted by atomic mass is 35.5. The van der Waals surface area contributed by atoms with Gasteiger partial charge in [0, 0.05) is 37.6 Å². The Morgan fingerprint density at radius 1 is 1.10 bits per heavy atom. The van der Waals surface area contributed by atoms with E-state index in [9.17, 15) is 13.2 Å². The highest BCUT2D eigenvalue weighted by Gasteiger charge is 2.34. The Bertz CT molecular complexity index is 1020. The second-order valence-electron chi connectivity index (χ2n) is 8.23. The first-order chi connectivity index (χ1) is 14.1. The Morgan fingerprint density at radius 2 is 1.70 bits per heavy atom. The van der Waals surface area contributed by atoms with Crippen molar-refractivity contribution in [2.45, 2.75) is 45.1 Å². The molecule has 7 heteroatoms. The normalized spacial score (nSPS) is 15.9. The summed E-state index contributed by atoms with van der Waals surface area (Å²) in [6, 6.07) is 11.3. The van der Waals surface area contributed by atoms with Gasteiger partial charge in [-0.1, -0.05) is 41.4 Å². The van der Waals surface area contributed by atoms with Crippen LogP contribution in [0.5, 0.6) is 0 Å². The number of carbonyl (C=O) groups is 1. The number of amides is 1. The summed E-state index contributed by atoms with van der Waals surface area (Å²) in [7, 11) is -1.79. The number of rotatable bonds is 5. The minimum atomic E-state index is -3.57. The van der Waals surface area contributed by atoms with E-state index >= 15 is 0 Å². The van der Waals surface area contributed by atoms with Crippen molar-refractivity contribution in [3.63, 3.8) is 0 Å². The van der Waals surface area contributed by atoms with Crippen LogP contribution in [0.1, 0.15) is 35.1 Å². The Morgan fingerprint density at radius 3 is 2.27 bits per heavy atom. The van der Waals surface area contributed by atoms with Gasteiger partial charge >= 0.3 is 0 Å². The molecule has 1 aliphatic heterocycles. The van der Waals surface area contributed by atoms with Crippen molar-refractivity contribution in [2.75, 3.05) is 20.1 Å². The van der Waals surface area contributed by atoms with Gasteiger partial charge in [-0.05, 0) is 62.4 Å². The minimum absolute atomic E-state index is 0.0507. The topological polar surface area (TPSA) is 57.7 Å². The molecule has 0 radical (unpaired) electrons. The lowest BCUT2D eigenvalue weighted by Crippen LogP contribution is -2.43. The predicted octanol–water partition coefficient (Wildman–Crippen LogP) is 4.32. The van der Waals surface area contributed by atoms with E-state index < -0.39 is 10.0 Å². The fourth-order valence-electron chi connectivity index (χ4n) is 4.34. The van der Waals surface area contributed by atoms with Crippen molar-refractivity contribution in [1.29, 1.82) is 0 Å². The maximum atomic E-state index is 13.2. The molecular formula is C23H29ClN2O3S. The third-order valence-electron chi connectivity index (χ3n) is 5.69. The molecule has 0 atom stereocenters. The molecule has 1 fully saturated rings. The molecular weight excluding hydrogens is 420 g/mol. The second kappa shape index (κ2) is 9.08. The minimum Gasteiger partial charge on any atom is -0.341 e. The summed E-state index contributed by atoms with van der Waals surface area (Å²) in [4.78, 5) is 15.0. The van der Waals surface area contributed by atoms with E-state index in [0.29, 0.717) is 42.4 Å². The Labute approximate surface area is 184 Å². The molecule has 0 aliphatic carbocycles. The van der Waals surface area contributed by atoms with Crippen LogP contribution < -0.4 is 0 Å². The van der Waals surface area contributed by atoms with Gasteiger partial charge in [-0.3, -0.25) is 4.79 Å². The van der Waals surface area contributed by atoms with Crippen LogP contribution >= 0.6 is 11.6 Å². The van der Waals surface area contributed by atoms with E-state index in [-0.39, 0.29) is 11.8 Å². The summed E-state index contributed by atoms with van der Waals surface area (Å²) < 4.78 is 28.0. The predicted molar refractivity (Wildman–Crippen MR) is 120 cm³/mol. The number of piperidine rings is 1. The first kappa shape index (κ1) is 22.8. The van der Waals surface area contributed by atoms with Gasteiger partial charge in [-0.2, -0.15) is 4.31 Å². The SMILES string of the molecule is Cc1cc(C)c(S(=O)(=O)N2CCC(C(=O)N(C)Cc3cccc(Cl)c3)CC2)c(C)c1. The summed E-state index contributed by atoms with van der Waals surface area (Å²) in [6.07, 6.45) is 1.06. The van der Waals surface area contributed by atoms with Gasteiger partial charge < -0.3 is 4.90 Å². The standard InChI is InChI=1S/C23H29ClN2O3S/c1-16-12-17(2)22(18(3)13-16)30(28,29)26-10-8-20(9-11-26)23(27)25(4)15-19-6-5-7-21(24)14-19/h5-7,12-14,20H,8-11,15H2,1-4H3. The number of hydrogen-bond donors (Lipinski definition) is 0. The lowest BCUT2D eigenvalue weighted by molar-refractivity contribution is -0.135. The average molecular weight is 449 g/mol. The molecule has 162 valence electrons. The van der Waals surface area contributed by atoms with Gasteiger partial charge in [0.15, 0.2) is 0 Å². The largest absolute Gasteiger partial charge is 0.341 e. The van der Waals surface area contributed by atoms with Gasteiger partial charge in [0.25, 0.3) is 0 Å². The molecule has 0 N–H and O–H groups in total. The monoisotopic (exact) mass is 448 g/mol. The molecule has 2 aromatic carbocycles. The van der Waals surface area contributed by atoms with Gasteiger partial charge in [-0.25, -0.2) is 8.42 Å². The van der Waals surface area contributed by atoms with Crippen LogP contribution in [0.15, 0.2) is 41.3 Å². The van der Waals surface area contributed by atoms with Crippen LogP contribution in [0.2, 0.25) is 5.02 Å². The lowest BCUT2D eigenvalue weighted by atomic mass is 9.96. The molecule has 1 aliphatic rings. The van der Waals surface area contributed by atoms with Crippen LogP contribution in [-0.4, -0.2) is 43.7 Å². The number of halogens is 1. The molecule has 0 aromatic heterocycles. The number of benzene rings is 2. The fourth-order valence-corrected chi connectivity index (χ4v) is 6.44. The lowest BCUT2D eigenvalue weighted by Gasteiger charge is -2.33. The molecule has 0 spiro atoms. The molecule has 0 bridgehead atoms. The molecule has 1 heterocycles. The molecule has 1 saturated heterocycles. The first-order valence-electron chi connectivity index (χ1n) is 10.2. The molecule has 30 heavy (non-hydrogen) atoms. The third-order valence-corrected chi connectivity index (χ3v) is 8.13. The van der Waals surface area contributed by atoms with Gasteiger partial charge in [0.1, 0.15) is 0 Å². The highest BCUT2D eigenvalue weighted by molar-refractivity contribution is 7.89. The summed E-state index contributed by atoms with van der Waals surface area (Å²) >= 11 is 6.03. The molecule has 2 aromatic rings. The summed E-state index contributed by atoms with van der Waals surface area (Å²) in [5.41, 5.74) is 3.57. The van der Waals surface area contributed by atoms with Crippen LogP contribution in [0.4, 0.5) is 0 Å². The Hall–Kier alpha value is -1.89. The number of aryl methyl sites for hydroxylation is 3. The van der Waals surface area contributed by atoms with E-state index in [1.54, 1.807) is 18.0 Å². The van der Waals surface area contributed by atoms with Crippen molar-refractivity contribution < 1.29 is 13.2 Å². The quantitative estimate of drug-likeness (QED) is 0.684. The zero-order valence-electron chi connectivity index (χ0n) is 18.0. The maximum Gasteiger partial charge on any atom is 0.243 e. The van der Waals surface area contributed by atoms with E-state index in [4.69, 9.17) is 11.6 Å². The number of sulfonamides is 1. The number of hydrogen-bond acceptors (Lipinski definition) is 3. The summed E-state index contributed by atoms with van der Waals surface area (Å²) in [5, 5.41) is 0.647.